The van der Waals surface area contributed by atoms with E-state index in [1.807, 2.05) is 30.3 Å². The Morgan fingerprint density at radius 2 is 1.42 bits per heavy atom. The number of rotatable bonds is 10. The molecule has 0 saturated carbocycles. The Morgan fingerprint density at radius 3 is 2.09 bits per heavy atom. The molecule has 0 fully saturated rings. The fraction of sp³-hybridized carbons (Fsp3) is 0.345. The summed E-state index contributed by atoms with van der Waals surface area (Å²) in [5.74, 6) is 3.74. The van der Waals surface area contributed by atoms with Gasteiger partial charge in [-0.15, -0.1) is 0 Å². The van der Waals surface area contributed by atoms with Crippen LogP contribution in [0, 0.1) is 0 Å². The average Bonchev–Trinajstić information content (AvgIpc) is 3.20. The van der Waals surface area contributed by atoms with Crippen LogP contribution in [0.4, 0.5) is 0 Å². The van der Waals surface area contributed by atoms with Crippen molar-refractivity contribution in [3.05, 3.63) is 89.7 Å². The first kappa shape index (κ1) is 22.9. The summed E-state index contributed by atoms with van der Waals surface area (Å²) in [6.07, 6.45) is 1.14. The van der Waals surface area contributed by atoms with Crippen molar-refractivity contribution in [3.63, 3.8) is 0 Å². The number of para-hydroxylation sites is 2. The molecule has 1 heterocycles. The van der Waals surface area contributed by atoms with Crippen LogP contribution in [0.25, 0.3) is 11.0 Å². The highest BCUT2D eigenvalue weighted by molar-refractivity contribution is 5.75. The molecule has 0 aliphatic carbocycles. The van der Waals surface area contributed by atoms with Gasteiger partial charge in [0.25, 0.3) is 0 Å². The van der Waals surface area contributed by atoms with Gasteiger partial charge in [0, 0.05) is 0 Å². The summed E-state index contributed by atoms with van der Waals surface area (Å²) in [6, 6.07) is 25.0. The molecule has 0 saturated heterocycles. The highest BCUT2D eigenvalue weighted by atomic mass is 16.5. The Morgan fingerprint density at radius 1 is 0.788 bits per heavy atom. The van der Waals surface area contributed by atoms with Crippen LogP contribution in [-0.4, -0.2) is 16.2 Å². The summed E-state index contributed by atoms with van der Waals surface area (Å²) in [5, 5.41) is 0. The fourth-order valence-electron chi connectivity index (χ4n) is 3.96. The van der Waals surface area contributed by atoms with Crippen LogP contribution in [0.3, 0.4) is 0 Å². The molecule has 0 aliphatic rings. The van der Waals surface area contributed by atoms with Crippen molar-refractivity contribution in [1.29, 1.82) is 0 Å². The summed E-state index contributed by atoms with van der Waals surface area (Å²) in [6.45, 7) is 10.5. The average molecular weight is 443 g/mol. The van der Waals surface area contributed by atoms with Crippen LogP contribution in [0.2, 0.25) is 0 Å². The lowest BCUT2D eigenvalue weighted by molar-refractivity contribution is 0.272. The Kier molecular flexibility index (Phi) is 7.33. The molecule has 33 heavy (non-hydrogen) atoms. The zero-order valence-corrected chi connectivity index (χ0v) is 20.1. The molecule has 0 radical (unpaired) electrons. The van der Waals surface area contributed by atoms with E-state index in [9.17, 15) is 0 Å². The molecule has 3 aromatic carbocycles. The summed E-state index contributed by atoms with van der Waals surface area (Å²) in [4.78, 5) is 4.82. The van der Waals surface area contributed by atoms with Crippen molar-refractivity contribution in [2.24, 2.45) is 0 Å². The summed E-state index contributed by atoms with van der Waals surface area (Å²) < 4.78 is 14.3. The van der Waals surface area contributed by atoms with Crippen LogP contribution < -0.4 is 9.47 Å². The summed E-state index contributed by atoms with van der Waals surface area (Å²) in [5.41, 5.74) is 4.74. The molecule has 172 valence electrons. The number of imidazole rings is 1. The fourth-order valence-corrected chi connectivity index (χ4v) is 3.96. The maximum absolute atomic E-state index is 6.08. The molecule has 1 aromatic heterocycles. The molecule has 0 N–H and O–H groups in total. The lowest BCUT2D eigenvalue weighted by Gasteiger charge is -2.13. The van der Waals surface area contributed by atoms with E-state index >= 15 is 0 Å². The normalized spacial score (nSPS) is 12.3. The molecular formula is C29H34N2O2. The first-order valence-electron chi connectivity index (χ1n) is 11.9. The monoisotopic (exact) mass is 442 g/mol. The predicted molar refractivity (Wildman–Crippen MR) is 135 cm³/mol. The van der Waals surface area contributed by atoms with E-state index in [2.05, 4.69) is 74.7 Å². The van der Waals surface area contributed by atoms with Gasteiger partial charge in [-0.2, -0.15) is 0 Å². The minimum Gasteiger partial charge on any atom is -0.492 e. The van der Waals surface area contributed by atoms with E-state index in [1.54, 1.807) is 0 Å². The Balaban J connectivity index is 1.43. The van der Waals surface area contributed by atoms with Gasteiger partial charge >= 0.3 is 0 Å². The van der Waals surface area contributed by atoms with Crippen LogP contribution in [0.15, 0.2) is 72.8 Å². The van der Waals surface area contributed by atoms with E-state index in [-0.39, 0.29) is 0 Å². The SMILES string of the molecule is CCC(C)c1ccc(OCCn2c(COc3ccc(C(C)C)cc3)nc3ccccc32)cc1. The number of aromatic nitrogens is 2. The molecule has 0 spiro atoms. The van der Waals surface area contributed by atoms with E-state index in [0.717, 1.165) is 34.8 Å². The van der Waals surface area contributed by atoms with Crippen LogP contribution in [-0.2, 0) is 13.2 Å². The molecule has 4 heteroatoms. The second-order valence-corrected chi connectivity index (χ2v) is 8.91. The molecule has 4 rings (SSSR count). The molecule has 1 atom stereocenters. The zero-order valence-electron chi connectivity index (χ0n) is 20.1. The number of hydrogen-bond acceptors (Lipinski definition) is 3. The Hall–Kier alpha value is -3.27. The van der Waals surface area contributed by atoms with Crippen molar-refractivity contribution in [3.8, 4) is 11.5 Å². The van der Waals surface area contributed by atoms with E-state index < -0.39 is 0 Å². The van der Waals surface area contributed by atoms with Gasteiger partial charge in [0.05, 0.1) is 17.6 Å². The predicted octanol–water partition coefficient (Wildman–Crippen LogP) is 7.33. The second-order valence-electron chi connectivity index (χ2n) is 8.91. The Bertz CT molecular complexity index is 1160. The summed E-state index contributed by atoms with van der Waals surface area (Å²) >= 11 is 0. The molecule has 4 nitrogen and oxygen atoms in total. The van der Waals surface area contributed by atoms with Crippen molar-refractivity contribution < 1.29 is 9.47 Å². The van der Waals surface area contributed by atoms with Gasteiger partial charge in [-0.25, -0.2) is 4.98 Å². The standard InChI is InChI=1S/C29H34N2O2/c1-5-22(4)24-12-16-25(17-13-24)32-19-18-31-28-9-7-6-8-27(28)30-29(31)20-33-26-14-10-23(11-15-26)21(2)3/h6-17,21-22H,5,18-20H2,1-4H3. The van der Waals surface area contributed by atoms with E-state index in [1.165, 1.54) is 11.1 Å². The van der Waals surface area contributed by atoms with E-state index in [4.69, 9.17) is 14.5 Å². The third kappa shape index (κ3) is 5.57. The third-order valence-corrected chi connectivity index (χ3v) is 6.29. The molecule has 0 aliphatic heterocycles. The maximum Gasteiger partial charge on any atom is 0.148 e. The highest BCUT2D eigenvalue weighted by Crippen LogP contribution is 2.23. The number of hydrogen-bond donors (Lipinski definition) is 0. The highest BCUT2D eigenvalue weighted by Gasteiger charge is 2.12. The zero-order chi connectivity index (χ0) is 23.2. The van der Waals surface area contributed by atoms with Crippen LogP contribution >= 0.6 is 0 Å². The maximum atomic E-state index is 6.08. The van der Waals surface area contributed by atoms with Crippen molar-refractivity contribution in [2.75, 3.05) is 6.61 Å². The number of benzene rings is 3. The first-order valence-corrected chi connectivity index (χ1v) is 11.9. The topological polar surface area (TPSA) is 36.3 Å². The number of ether oxygens (including phenoxy) is 2. The van der Waals surface area contributed by atoms with Gasteiger partial charge in [0.2, 0.25) is 0 Å². The third-order valence-electron chi connectivity index (χ3n) is 6.29. The molecular weight excluding hydrogens is 408 g/mol. The lowest BCUT2D eigenvalue weighted by atomic mass is 9.99. The van der Waals surface area contributed by atoms with Crippen molar-refractivity contribution in [1.82, 2.24) is 9.55 Å². The minimum atomic E-state index is 0.416. The number of nitrogens with zero attached hydrogens (tertiary/aromatic N) is 2. The Labute approximate surface area is 197 Å². The van der Waals surface area contributed by atoms with Gasteiger partial charge in [0.1, 0.15) is 30.5 Å². The van der Waals surface area contributed by atoms with Gasteiger partial charge in [0.15, 0.2) is 0 Å². The van der Waals surface area contributed by atoms with Crippen molar-refractivity contribution in [2.45, 2.75) is 59.1 Å². The number of fused-ring (bicyclic) bond motifs is 1. The summed E-state index contributed by atoms with van der Waals surface area (Å²) in [7, 11) is 0. The van der Waals surface area contributed by atoms with E-state index in [0.29, 0.717) is 31.6 Å². The van der Waals surface area contributed by atoms with Gasteiger partial charge < -0.3 is 14.0 Å². The quantitative estimate of drug-likeness (QED) is 0.258. The van der Waals surface area contributed by atoms with Crippen LogP contribution in [0.1, 0.15) is 62.9 Å². The van der Waals surface area contributed by atoms with Gasteiger partial charge in [-0.05, 0) is 65.8 Å². The van der Waals surface area contributed by atoms with Crippen LogP contribution in [0.5, 0.6) is 11.5 Å². The van der Waals surface area contributed by atoms with Gasteiger partial charge in [-0.1, -0.05) is 64.1 Å². The van der Waals surface area contributed by atoms with Crippen molar-refractivity contribution >= 4 is 11.0 Å². The smallest absolute Gasteiger partial charge is 0.148 e. The molecule has 0 bridgehead atoms. The molecule has 4 aromatic rings. The second kappa shape index (κ2) is 10.6. The molecule has 1 unspecified atom stereocenters. The minimum absolute atomic E-state index is 0.416. The first-order chi connectivity index (χ1) is 16.0. The molecule has 0 amide bonds. The van der Waals surface area contributed by atoms with Gasteiger partial charge in [-0.3, -0.25) is 0 Å². The lowest BCUT2D eigenvalue weighted by Crippen LogP contribution is -2.13. The largest absolute Gasteiger partial charge is 0.492 e.